The summed E-state index contributed by atoms with van der Waals surface area (Å²) in [6, 6.07) is 13.0. The number of hydrogen-bond acceptors (Lipinski definition) is 3. The minimum absolute atomic E-state index is 0.0494. The summed E-state index contributed by atoms with van der Waals surface area (Å²) in [4.78, 5) is 0. The van der Waals surface area contributed by atoms with Gasteiger partial charge in [0.25, 0.3) is 0 Å². The molecule has 0 saturated heterocycles. The summed E-state index contributed by atoms with van der Waals surface area (Å²) in [7, 11) is 0. The molecule has 0 saturated carbocycles. The van der Waals surface area contributed by atoms with Crippen molar-refractivity contribution < 1.29 is 10.3 Å². The van der Waals surface area contributed by atoms with Crippen LogP contribution >= 0.6 is 11.6 Å². The van der Waals surface area contributed by atoms with Gasteiger partial charge in [-0.15, -0.1) is 0 Å². The molecule has 0 fully saturated rings. The summed E-state index contributed by atoms with van der Waals surface area (Å²) in [6.45, 7) is 2.23. The molecule has 0 radical (unpaired) electrons. The number of aromatic hydroxyl groups is 1. The molecule has 2 rings (SSSR count). The van der Waals surface area contributed by atoms with Crippen LogP contribution in [0.4, 0.5) is 0 Å². The number of unbranched alkanes of at least 4 members (excludes halogenated alkanes) is 6. The Morgan fingerprint density at radius 3 is 2.27 bits per heavy atom. The van der Waals surface area contributed by atoms with Crippen molar-refractivity contribution >= 4 is 17.3 Å². The molecule has 26 heavy (non-hydrogen) atoms. The van der Waals surface area contributed by atoms with Gasteiger partial charge in [0.05, 0.1) is 5.02 Å². The van der Waals surface area contributed by atoms with Gasteiger partial charge in [-0.25, -0.2) is 0 Å². The van der Waals surface area contributed by atoms with Crippen LogP contribution in [0.3, 0.4) is 0 Å². The van der Waals surface area contributed by atoms with E-state index in [1.165, 1.54) is 38.5 Å². The molecule has 0 spiro atoms. The van der Waals surface area contributed by atoms with Crippen LogP contribution < -0.4 is 0 Å². The van der Waals surface area contributed by atoms with Crippen molar-refractivity contribution in [3.63, 3.8) is 0 Å². The second-order valence-corrected chi connectivity index (χ2v) is 7.07. The number of halogens is 1. The number of aryl methyl sites for hydroxylation is 1. The van der Waals surface area contributed by atoms with Crippen molar-refractivity contribution in [2.24, 2.45) is 5.16 Å². The number of phenolic OH excluding ortho intramolecular Hbond substituents is 1. The van der Waals surface area contributed by atoms with Crippen molar-refractivity contribution in [3.8, 4) is 5.75 Å². The highest BCUT2D eigenvalue weighted by Gasteiger charge is 2.16. The molecule has 0 heterocycles. The Balaban J connectivity index is 2.06. The molecule has 0 atom stereocenters. The van der Waals surface area contributed by atoms with Crippen LogP contribution in [-0.4, -0.2) is 16.0 Å². The zero-order chi connectivity index (χ0) is 18.8. The first kappa shape index (κ1) is 20.3. The number of nitrogens with zero attached hydrogens (tertiary/aromatic N) is 1. The summed E-state index contributed by atoms with van der Waals surface area (Å²) < 4.78 is 0. The van der Waals surface area contributed by atoms with E-state index in [0.29, 0.717) is 11.3 Å². The fourth-order valence-electron chi connectivity index (χ4n) is 3.13. The second-order valence-electron chi connectivity index (χ2n) is 6.66. The van der Waals surface area contributed by atoms with Crippen LogP contribution in [0.15, 0.2) is 47.6 Å². The number of rotatable bonds is 10. The molecular formula is C22H28ClNO2. The Labute approximate surface area is 161 Å². The van der Waals surface area contributed by atoms with Gasteiger partial charge in [-0.05, 0) is 30.5 Å². The minimum atomic E-state index is -0.0494. The van der Waals surface area contributed by atoms with Crippen molar-refractivity contribution in [2.75, 3.05) is 0 Å². The Bertz CT molecular complexity index is 714. The summed E-state index contributed by atoms with van der Waals surface area (Å²) in [5.41, 5.74) is 2.57. The number of phenols is 1. The molecule has 0 aliphatic carbocycles. The maximum Gasteiger partial charge on any atom is 0.143 e. The van der Waals surface area contributed by atoms with Crippen LogP contribution in [0, 0.1) is 0 Å². The predicted octanol–water partition coefficient (Wildman–Crippen LogP) is 6.57. The van der Waals surface area contributed by atoms with E-state index in [0.717, 1.165) is 24.0 Å². The molecule has 140 valence electrons. The zero-order valence-electron chi connectivity index (χ0n) is 15.4. The van der Waals surface area contributed by atoms with Crippen molar-refractivity contribution in [1.82, 2.24) is 0 Å². The average molecular weight is 374 g/mol. The summed E-state index contributed by atoms with van der Waals surface area (Å²) in [5.74, 6) is -0.0494. The molecular weight excluding hydrogens is 346 g/mol. The van der Waals surface area contributed by atoms with Gasteiger partial charge >= 0.3 is 0 Å². The van der Waals surface area contributed by atoms with Gasteiger partial charge in [-0.3, -0.25) is 0 Å². The first-order valence-electron chi connectivity index (χ1n) is 9.46. The third kappa shape index (κ3) is 5.77. The van der Waals surface area contributed by atoms with E-state index >= 15 is 0 Å². The number of benzene rings is 2. The number of hydrogen-bond donors (Lipinski definition) is 2. The van der Waals surface area contributed by atoms with Crippen LogP contribution in [0.1, 0.15) is 68.6 Å². The largest absolute Gasteiger partial charge is 0.506 e. The zero-order valence-corrected chi connectivity index (χ0v) is 16.2. The fourth-order valence-corrected chi connectivity index (χ4v) is 3.37. The lowest BCUT2D eigenvalue weighted by Gasteiger charge is -2.12. The molecule has 2 aromatic rings. The monoisotopic (exact) mass is 373 g/mol. The Hall–Kier alpha value is -2.00. The minimum Gasteiger partial charge on any atom is -0.506 e. The van der Waals surface area contributed by atoms with E-state index in [-0.39, 0.29) is 10.8 Å². The maximum absolute atomic E-state index is 10.4. The lowest BCUT2D eigenvalue weighted by molar-refractivity contribution is 0.319. The topological polar surface area (TPSA) is 52.8 Å². The van der Waals surface area contributed by atoms with E-state index in [9.17, 15) is 10.3 Å². The van der Waals surface area contributed by atoms with Crippen molar-refractivity contribution in [3.05, 3.63) is 64.2 Å². The van der Waals surface area contributed by atoms with E-state index in [4.69, 9.17) is 11.6 Å². The molecule has 0 amide bonds. The molecule has 3 nitrogen and oxygen atoms in total. The molecule has 0 bridgehead atoms. The molecule has 4 heteroatoms. The Kier molecular flexibility index (Phi) is 8.49. The molecule has 0 unspecified atom stereocenters. The van der Waals surface area contributed by atoms with Gasteiger partial charge in [-0.1, -0.05) is 92.5 Å². The first-order valence-corrected chi connectivity index (χ1v) is 9.84. The summed E-state index contributed by atoms with van der Waals surface area (Å²) in [6.07, 6.45) is 9.63. The molecule has 0 aliphatic rings. The lowest BCUT2D eigenvalue weighted by Crippen LogP contribution is -2.05. The van der Waals surface area contributed by atoms with E-state index < -0.39 is 0 Å². The number of oxime groups is 1. The van der Waals surface area contributed by atoms with Gasteiger partial charge in [0.2, 0.25) is 0 Å². The van der Waals surface area contributed by atoms with Crippen molar-refractivity contribution in [1.29, 1.82) is 0 Å². The lowest BCUT2D eigenvalue weighted by atomic mass is 9.97. The maximum atomic E-state index is 10.4. The van der Waals surface area contributed by atoms with E-state index in [2.05, 4.69) is 12.1 Å². The van der Waals surface area contributed by atoms with Gasteiger partial charge in [0.15, 0.2) is 0 Å². The first-order chi connectivity index (χ1) is 12.7. The molecule has 2 N–H and O–H groups in total. The van der Waals surface area contributed by atoms with Crippen LogP contribution in [0.5, 0.6) is 5.75 Å². The second kappa shape index (κ2) is 10.9. The van der Waals surface area contributed by atoms with E-state index in [1.807, 2.05) is 36.4 Å². The van der Waals surface area contributed by atoms with Crippen LogP contribution in [0.2, 0.25) is 5.02 Å². The highest BCUT2D eigenvalue weighted by molar-refractivity contribution is 6.33. The quantitative estimate of drug-likeness (QED) is 0.214. The van der Waals surface area contributed by atoms with E-state index in [1.54, 1.807) is 6.07 Å². The van der Waals surface area contributed by atoms with Gasteiger partial charge in [-0.2, -0.15) is 0 Å². The average Bonchev–Trinajstić information content (AvgIpc) is 2.66. The van der Waals surface area contributed by atoms with Gasteiger partial charge in [0.1, 0.15) is 11.5 Å². The van der Waals surface area contributed by atoms with Crippen LogP contribution in [-0.2, 0) is 6.42 Å². The predicted molar refractivity (Wildman–Crippen MR) is 109 cm³/mol. The normalized spacial score (nSPS) is 11.7. The summed E-state index contributed by atoms with van der Waals surface area (Å²) in [5, 5.41) is 23.5. The van der Waals surface area contributed by atoms with Gasteiger partial charge < -0.3 is 10.3 Å². The molecule has 2 aromatic carbocycles. The third-order valence-electron chi connectivity index (χ3n) is 4.59. The highest BCUT2D eigenvalue weighted by Crippen LogP contribution is 2.32. The van der Waals surface area contributed by atoms with Crippen LogP contribution in [0.25, 0.3) is 0 Å². The third-order valence-corrected chi connectivity index (χ3v) is 4.88. The highest BCUT2D eigenvalue weighted by atomic mass is 35.5. The fraction of sp³-hybridized carbons (Fsp3) is 0.409. The Morgan fingerprint density at radius 2 is 1.62 bits per heavy atom. The standard InChI is InChI=1S/C22H28ClNO2/c1-2-3-4-5-6-7-9-12-17-15-19(22(25)20(23)16-17)21(24-26)18-13-10-8-11-14-18/h8,10-11,13-16,25-26H,2-7,9,12H2,1H3/b24-21+. The smallest absolute Gasteiger partial charge is 0.143 e. The SMILES string of the molecule is CCCCCCCCCc1cc(Cl)c(O)c(/C(=N/O)c2ccccc2)c1. The van der Waals surface area contributed by atoms with Crippen molar-refractivity contribution in [2.45, 2.75) is 58.3 Å². The molecule has 0 aliphatic heterocycles. The molecule has 0 aromatic heterocycles. The summed E-state index contributed by atoms with van der Waals surface area (Å²) >= 11 is 6.22. The Morgan fingerprint density at radius 1 is 0.962 bits per heavy atom. The van der Waals surface area contributed by atoms with Gasteiger partial charge in [0, 0.05) is 11.1 Å².